The van der Waals surface area contributed by atoms with Gasteiger partial charge in [-0.1, -0.05) is 43.3 Å². The first-order valence-electron chi connectivity index (χ1n) is 10.7. The second-order valence-electron chi connectivity index (χ2n) is 7.67. The summed E-state index contributed by atoms with van der Waals surface area (Å²) in [5.41, 5.74) is 2.90. The summed E-state index contributed by atoms with van der Waals surface area (Å²) in [4.78, 5) is 12.0. The second kappa shape index (κ2) is 11.3. The summed E-state index contributed by atoms with van der Waals surface area (Å²) in [5.74, 6) is -0.129. The maximum atomic E-state index is 12.7. The minimum atomic E-state index is -4.34. The van der Waals surface area contributed by atoms with Gasteiger partial charge in [0.1, 0.15) is 17.6 Å². The van der Waals surface area contributed by atoms with Gasteiger partial charge >= 0.3 is 12.1 Å². The van der Waals surface area contributed by atoms with Gasteiger partial charge < -0.3 is 9.84 Å². The fourth-order valence-electron chi connectivity index (χ4n) is 3.25. The Kier molecular flexibility index (Phi) is 8.45. The molecule has 0 aromatic heterocycles. The standard InChI is InChI=1S/C27H25F3O3S/c1-3-25(26(31)32)34-24-14-12-23(13-15-24)33-17-16-18(2)19-4-6-20(7-5-19)21-8-10-22(11-9-21)27(28,29)30/h4-16,25H,3,17H2,1-2H3,(H,31,32)/b18-16+. The SMILES string of the molecule is CCC(Sc1ccc(OC/C=C(\C)c2ccc(-c3ccc(C(F)(F)F)cc3)cc2)cc1)C(=O)O. The van der Waals surface area contributed by atoms with Crippen molar-refractivity contribution in [2.75, 3.05) is 6.61 Å². The lowest BCUT2D eigenvalue weighted by atomic mass is 10.00. The van der Waals surface area contributed by atoms with E-state index >= 15 is 0 Å². The predicted octanol–water partition coefficient (Wildman–Crippen LogP) is 7.81. The van der Waals surface area contributed by atoms with E-state index in [0.29, 0.717) is 18.8 Å². The number of aliphatic carboxylic acids is 1. The Labute approximate surface area is 201 Å². The summed E-state index contributed by atoms with van der Waals surface area (Å²) < 4.78 is 44.0. The molecule has 0 aliphatic rings. The average molecular weight is 487 g/mol. The molecule has 0 bridgehead atoms. The van der Waals surface area contributed by atoms with Gasteiger partial charge in [0, 0.05) is 4.90 Å². The molecule has 3 aromatic carbocycles. The molecule has 1 N–H and O–H groups in total. The lowest BCUT2D eigenvalue weighted by molar-refractivity contribution is -0.138. The molecule has 0 radical (unpaired) electrons. The van der Waals surface area contributed by atoms with Crippen LogP contribution in [0, 0.1) is 0 Å². The van der Waals surface area contributed by atoms with Crippen LogP contribution >= 0.6 is 11.8 Å². The maximum absolute atomic E-state index is 12.7. The number of hydrogen-bond donors (Lipinski definition) is 1. The summed E-state index contributed by atoms with van der Waals surface area (Å²) in [6, 6.07) is 20.1. The summed E-state index contributed by atoms with van der Waals surface area (Å²) >= 11 is 1.32. The lowest BCUT2D eigenvalue weighted by Gasteiger charge is -2.10. The van der Waals surface area contributed by atoms with Crippen LogP contribution in [0.4, 0.5) is 13.2 Å². The van der Waals surface area contributed by atoms with Gasteiger partial charge in [0.25, 0.3) is 0 Å². The number of rotatable bonds is 9. The van der Waals surface area contributed by atoms with Crippen LogP contribution in [0.3, 0.4) is 0 Å². The highest BCUT2D eigenvalue weighted by molar-refractivity contribution is 8.00. The van der Waals surface area contributed by atoms with Crippen LogP contribution in [0.15, 0.2) is 83.8 Å². The Hall–Kier alpha value is -3.19. The van der Waals surface area contributed by atoms with Gasteiger partial charge in [-0.2, -0.15) is 13.2 Å². The molecular formula is C27H25F3O3S. The van der Waals surface area contributed by atoms with E-state index in [1.165, 1.54) is 23.9 Å². The molecule has 1 unspecified atom stereocenters. The van der Waals surface area contributed by atoms with Crippen LogP contribution in [0.1, 0.15) is 31.4 Å². The van der Waals surface area contributed by atoms with Crippen molar-refractivity contribution in [3.8, 4) is 16.9 Å². The molecule has 0 aliphatic carbocycles. The van der Waals surface area contributed by atoms with E-state index in [1.54, 1.807) is 0 Å². The fourth-order valence-corrected chi connectivity index (χ4v) is 4.13. The van der Waals surface area contributed by atoms with Crippen LogP contribution in [-0.4, -0.2) is 22.9 Å². The van der Waals surface area contributed by atoms with Gasteiger partial charge in [-0.3, -0.25) is 4.79 Å². The van der Waals surface area contributed by atoms with Gasteiger partial charge in [-0.15, -0.1) is 11.8 Å². The number of benzene rings is 3. The molecule has 0 saturated heterocycles. The Morgan fingerprint density at radius 2 is 1.53 bits per heavy atom. The molecule has 0 heterocycles. The van der Waals surface area contributed by atoms with Crippen LogP contribution < -0.4 is 4.74 Å². The zero-order valence-corrected chi connectivity index (χ0v) is 19.6. The quantitative estimate of drug-likeness (QED) is 0.313. The average Bonchev–Trinajstić information content (AvgIpc) is 2.83. The van der Waals surface area contributed by atoms with E-state index in [1.807, 2.05) is 68.5 Å². The number of halogens is 3. The molecule has 3 aromatic rings. The molecule has 0 spiro atoms. The minimum absolute atomic E-state index is 0.367. The minimum Gasteiger partial charge on any atom is -0.490 e. The summed E-state index contributed by atoms with van der Waals surface area (Å²) in [6.45, 7) is 4.18. The molecule has 1 atom stereocenters. The van der Waals surface area contributed by atoms with Crippen molar-refractivity contribution in [1.29, 1.82) is 0 Å². The highest BCUT2D eigenvalue weighted by Gasteiger charge is 2.29. The number of carbonyl (C=O) groups is 1. The molecule has 0 fully saturated rings. The number of hydrogen-bond acceptors (Lipinski definition) is 3. The van der Waals surface area contributed by atoms with Gasteiger partial charge in [0.05, 0.1) is 5.56 Å². The van der Waals surface area contributed by atoms with E-state index in [2.05, 4.69) is 0 Å². The third-order valence-corrected chi connectivity index (χ3v) is 6.64. The smallest absolute Gasteiger partial charge is 0.416 e. The number of allylic oxidation sites excluding steroid dienone is 1. The van der Waals surface area contributed by atoms with Crippen LogP contribution in [0.2, 0.25) is 0 Å². The third-order valence-electron chi connectivity index (χ3n) is 5.27. The number of thioether (sulfide) groups is 1. The monoisotopic (exact) mass is 486 g/mol. The molecule has 3 rings (SSSR count). The molecule has 0 amide bonds. The van der Waals surface area contributed by atoms with E-state index in [4.69, 9.17) is 4.74 Å². The zero-order chi connectivity index (χ0) is 24.7. The van der Waals surface area contributed by atoms with Gasteiger partial charge in [-0.25, -0.2) is 0 Å². The molecule has 0 saturated carbocycles. The van der Waals surface area contributed by atoms with Crippen molar-refractivity contribution in [3.05, 3.63) is 90.0 Å². The van der Waals surface area contributed by atoms with Crippen LogP contribution in [0.5, 0.6) is 5.75 Å². The lowest BCUT2D eigenvalue weighted by Crippen LogP contribution is -2.14. The Balaban J connectivity index is 1.57. The van der Waals surface area contributed by atoms with Crippen molar-refractivity contribution < 1.29 is 27.8 Å². The highest BCUT2D eigenvalue weighted by Crippen LogP contribution is 2.31. The van der Waals surface area contributed by atoms with Crippen molar-refractivity contribution in [2.24, 2.45) is 0 Å². The van der Waals surface area contributed by atoms with Crippen molar-refractivity contribution in [3.63, 3.8) is 0 Å². The predicted molar refractivity (Wildman–Crippen MR) is 130 cm³/mol. The number of carboxylic acid groups (broad SMARTS) is 1. The number of alkyl halides is 3. The normalized spacial score (nSPS) is 12.9. The molecule has 34 heavy (non-hydrogen) atoms. The van der Waals surface area contributed by atoms with Crippen molar-refractivity contribution >= 4 is 23.3 Å². The maximum Gasteiger partial charge on any atom is 0.416 e. The highest BCUT2D eigenvalue weighted by atomic mass is 32.2. The Morgan fingerprint density at radius 1 is 0.971 bits per heavy atom. The first kappa shape index (κ1) is 25.4. The summed E-state index contributed by atoms with van der Waals surface area (Å²) in [5, 5.41) is 8.70. The zero-order valence-electron chi connectivity index (χ0n) is 18.8. The first-order valence-corrected chi connectivity index (χ1v) is 11.6. The molecule has 7 heteroatoms. The van der Waals surface area contributed by atoms with E-state index in [0.717, 1.165) is 39.3 Å². The van der Waals surface area contributed by atoms with Gasteiger partial charge in [0.15, 0.2) is 0 Å². The fraction of sp³-hybridized carbons (Fsp3) is 0.222. The Morgan fingerprint density at radius 3 is 2.03 bits per heavy atom. The molecular weight excluding hydrogens is 461 g/mol. The summed E-state index contributed by atoms with van der Waals surface area (Å²) in [6.07, 6.45) is -1.84. The van der Waals surface area contributed by atoms with Gasteiger partial charge in [-0.05, 0) is 78.1 Å². The van der Waals surface area contributed by atoms with Gasteiger partial charge in [0.2, 0.25) is 0 Å². The first-order chi connectivity index (χ1) is 16.2. The molecule has 3 nitrogen and oxygen atoms in total. The second-order valence-corrected chi connectivity index (χ2v) is 8.95. The number of carboxylic acids is 1. The van der Waals surface area contributed by atoms with E-state index in [9.17, 15) is 23.1 Å². The third kappa shape index (κ3) is 6.90. The largest absolute Gasteiger partial charge is 0.490 e. The van der Waals surface area contributed by atoms with Crippen LogP contribution in [-0.2, 0) is 11.0 Å². The number of ether oxygens (including phenoxy) is 1. The summed E-state index contributed by atoms with van der Waals surface area (Å²) in [7, 11) is 0. The topological polar surface area (TPSA) is 46.5 Å². The van der Waals surface area contributed by atoms with Crippen LogP contribution in [0.25, 0.3) is 16.7 Å². The van der Waals surface area contributed by atoms with Crippen molar-refractivity contribution in [2.45, 2.75) is 36.6 Å². The van der Waals surface area contributed by atoms with E-state index in [-0.39, 0.29) is 0 Å². The molecule has 178 valence electrons. The van der Waals surface area contributed by atoms with E-state index < -0.39 is 23.0 Å². The van der Waals surface area contributed by atoms with Crippen molar-refractivity contribution in [1.82, 2.24) is 0 Å². The molecule has 0 aliphatic heterocycles. The Bertz CT molecular complexity index is 1120.